The van der Waals surface area contributed by atoms with E-state index in [1.807, 2.05) is 4.90 Å². The van der Waals surface area contributed by atoms with Crippen molar-refractivity contribution in [3.8, 4) is 0 Å². The van der Waals surface area contributed by atoms with E-state index in [0.717, 1.165) is 6.07 Å². The third-order valence-electron chi connectivity index (χ3n) is 6.55. The van der Waals surface area contributed by atoms with Crippen LogP contribution in [0.3, 0.4) is 0 Å². The van der Waals surface area contributed by atoms with Gasteiger partial charge in [-0.2, -0.15) is 36.4 Å². The Morgan fingerprint density at radius 2 is 1.79 bits per heavy atom. The van der Waals surface area contributed by atoms with E-state index in [1.165, 1.54) is 22.6 Å². The molecule has 13 heteroatoms. The van der Waals surface area contributed by atoms with Crippen molar-refractivity contribution in [2.75, 3.05) is 13.1 Å². The van der Waals surface area contributed by atoms with Gasteiger partial charge in [-0.3, -0.25) is 9.48 Å². The van der Waals surface area contributed by atoms with Crippen LogP contribution in [0, 0.1) is 6.57 Å². The number of benzene rings is 2. The van der Waals surface area contributed by atoms with Crippen LogP contribution in [0.2, 0.25) is 0 Å². The van der Waals surface area contributed by atoms with Gasteiger partial charge in [0.25, 0.3) is 5.91 Å². The number of alkyl halides is 6. The first-order valence-electron chi connectivity index (χ1n) is 11.8. The van der Waals surface area contributed by atoms with Crippen molar-refractivity contribution in [1.82, 2.24) is 14.7 Å². The number of hydrogen-bond acceptors (Lipinski definition) is 4. The summed E-state index contributed by atoms with van der Waals surface area (Å²) in [4.78, 5) is 22.6. The van der Waals surface area contributed by atoms with Crippen molar-refractivity contribution in [2.45, 2.75) is 37.8 Å². The lowest BCUT2D eigenvalue weighted by molar-refractivity contribution is -0.143. The number of amides is 1. The summed E-state index contributed by atoms with van der Waals surface area (Å²) in [5.74, 6) is -0.375. The number of halogens is 6. The van der Waals surface area contributed by atoms with Crippen molar-refractivity contribution < 1.29 is 31.1 Å². The molecule has 0 spiro atoms. The minimum atomic E-state index is -4.97. The summed E-state index contributed by atoms with van der Waals surface area (Å²) in [5, 5.41) is 5.33. The van der Waals surface area contributed by atoms with Gasteiger partial charge in [-0.05, 0) is 53.2 Å². The largest absolute Gasteiger partial charge is 0.416 e. The molecule has 1 saturated heterocycles. The van der Waals surface area contributed by atoms with Crippen LogP contribution in [-0.2, 0) is 23.7 Å². The van der Waals surface area contributed by atoms with Gasteiger partial charge in [-0.25, -0.2) is 6.57 Å². The first kappa shape index (κ1) is 26.8. The number of thioether (sulfide) groups is 1. The molecule has 1 aromatic heterocycles. The van der Waals surface area contributed by atoms with E-state index in [1.54, 1.807) is 24.3 Å². The highest BCUT2D eigenvalue weighted by Crippen LogP contribution is 2.38. The van der Waals surface area contributed by atoms with Crippen molar-refractivity contribution in [1.29, 1.82) is 0 Å². The van der Waals surface area contributed by atoms with Crippen LogP contribution in [0.4, 0.5) is 26.3 Å². The third kappa shape index (κ3) is 5.66. The van der Waals surface area contributed by atoms with Gasteiger partial charge in [0, 0.05) is 31.3 Å². The second kappa shape index (κ2) is 10.1. The predicted molar refractivity (Wildman–Crippen MR) is 134 cm³/mol. The van der Waals surface area contributed by atoms with Crippen LogP contribution in [0.5, 0.6) is 0 Å². The van der Waals surface area contributed by atoms with Gasteiger partial charge in [0.05, 0.1) is 34.3 Å². The smallest absolute Gasteiger partial charge is 0.350 e. The summed E-state index contributed by atoms with van der Waals surface area (Å²) in [6.07, 6.45) is -5.33. The summed E-state index contributed by atoms with van der Waals surface area (Å²) in [6.45, 7) is 8.08. The third-order valence-corrected chi connectivity index (χ3v) is 7.60. The molecule has 39 heavy (non-hydrogen) atoms. The summed E-state index contributed by atoms with van der Waals surface area (Å²) in [5.41, 5.74) is -1.94. The van der Waals surface area contributed by atoms with Crippen LogP contribution < -0.4 is 0 Å². The molecule has 6 nitrogen and oxygen atoms in total. The Morgan fingerprint density at radius 3 is 2.46 bits per heavy atom. The van der Waals surface area contributed by atoms with Crippen LogP contribution >= 0.6 is 11.8 Å². The zero-order valence-corrected chi connectivity index (χ0v) is 20.9. The topological polar surface area (TPSA) is 54.9 Å². The molecule has 2 aromatic carbocycles. The van der Waals surface area contributed by atoms with Crippen LogP contribution in [-0.4, -0.2) is 44.9 Å². The second-order valence-corrected chi connectivity index (χ2v) is 10.2. The zero-order chi connectivity index (χ0) is 27.9. The average molecular weight is 564 g/mol. The Morgan fingerprint density at radius 1 is 1.05 bits per heavy atom. The van der Waals surface area contributed by atoms with Crippen LogP contribution in [0.15, 0.2) is 52.5 Å². The molecule has 1 amide bonds. The number of aliphatic imine (C=N–C) groups is 1. The molecule has 0 atom stereocenters. The molecule has 0 aliphatic carbocycles. The lowest BCUT2D eigenvalue weighted by Crippen LogP contribution is -2.37. The predicted octanol–water partition coefficient (Wildman–Crippen LogP) is 6.48. The Hall–Kier alpha value is -3.79. The molecule has 5 rings (SSSR count). The minimum Gasteiger partial charge on any atom is -0.350 e. The molecular weight excluding hydrogens is 544 g/mol. The van der Waals surface area contributed by atoms with E-state index in [-0.39, 0.29) is 30.1 Å². The number of piperidine rings is 1. The molecule has 1 fully saturated rings. The summed E-state index contributed by atoms with van der Waals surface area (Å²) in [7, 11) is 0. The lowest BCUT2D eigenvalue weighted by atomic mass is 10.0. The van der Waals surface area contributed by atoms with E-state index in [9.17, 15) is 31.1 Å². The van der Waals surface area contributed by atoms with Gasteiger partial charge in [0.15, 0.2) is 5.17 Å². The van der Waals surface area contributed by atoms with E-state index in [0.29, 0.717) is 58.5 Å². The van der Waals surface area contributed by atoms with Crippen molar-refractivity contribution in [3.05, 3.63) is 81.2 Å². The first-order chi connectivity index (χ1) is 18.4. The molecule has 2 aliphatic heterocycles. The standard InChI is InChI=1S/C26H19F6N5OS/c1-33-19-6-8-36(9-7-19)24-35-23(38)22(39-24)11-15-2-5-21-17(10-15)13-34-37(21)14-16-3-4-18(25(27,28)29)12-20(16)26(30,31)32/h2-5,10-13,19H,6-9,14H2. The number of amidine groups is 1. The van der Waals surface area contributed by atoms with Gasteiger partial charge >= 0.3 is 12.4 Å². The number of aromatic nitrogens is 2. The molecule has 202 valence electrons. The lowest BCUT2D eigenvalue weighted by Gasteiger charge is -2.27. The number of carbonyl (C=O) groups is 1. The molecule has 0 unspecified atom stereocenters. The Balaban J connectivity index is 1.35. The first-order valence-corrected chi connectivity index (χ1v) is 12.6. The second-order valence-electron chi connectivity index (χ2n) is 9.15. The molecule has 3 aromatic rings. The molecule has 2 aliphatic rings. The SMILES string of the molecule is [C-]#[N+]C1CCN(C2=NC(=O)C(=Cc3ccc4c(cnn4Cc4ccc(C(F)(F)F)cc4C(F)(F)F)c3)S2)CC1. The van der Waals surface area contributed by atoms with Crippen molar-refractivity contribution in [2.24, 2.45) is 4.99 Å². The fourth-order valence-electron chi connectivity index (χ4n) is 4.51. The Bertz CT molecular complexity index is 1540. The molecule has 0 bridgehead atoms. The monoisotopic (exact) mass is 563 g/mol. The van der Waals surface area contributed by atoms with E-state index >= 15 is 0 Å². The summed E-state index contributed by atoms with van der Waals surface area (Å²) in [6, 6.07) is 6.58. The maximum absolute atomic E-state index is 13.6. The van der Waals surface area contributed by atoms with Gasteiger partial charge in [-0.15, -0.1) is 0 Å². The highest BCUT2D eigenvalue weighted by Gasteiger charge is 2.38. The number of hydrogen-bond donors (Lipinski definition) is 0. The van der Waals surface area contributed by atoms with Gasteiger partial charge in [0.1, 0.15) is 0 Å². The van der Waals surface area contributed by atoms with Crippen LogP contribution in [0.25, 0.3) is 21.8 Å². The Kier molecular flexibility index (Phi) is 6.92. The normalized spacial score (nSPS) is 18.2. The quantitative estimate of drug-likeness (QED) is 0.208. The zero-order valence-electron chi connectivity index (χ0n) is 20.1. The van der Waals surface area contributed by atoms with Crippen molar-refractivity contribution >= 4 is 39.8 Å². The molecule has 0 radical (unpaired) electrons. The number of likely N-dealkylation sites (tertiary alicyclic amines) is 1. The molecule has 0 saturated carbocycles. The fourth-order valence-corrected chi connectivity index (χ4v) is 5.47. The van der Waals surface area contributed by atoms with E-state index in [2.05, 4.69) is 14.9 Å². The van der Waals surface area contributed by atoms with E-state index in [4.69, 9.17) is 6.57 Å². The molecule has 3 heterocycles. The molecular formula is C26H19F6N5OS. The number of nitrogens with zero attached hydrogens (tertiary/aromatic N) is 5. The maximum Gasteiger partial charge on any atom is 0.416 e. The highest BCUT2D eigenvalue weighted by molar-refractivity contribution is 8.18. The van der Waals surface area contributed by atoms with Crippen LogP contribution in [0.1, 0.15) is 35.1 Å². The number of rotatable bonds is 3. The molecule has 0 N–H and O–H groups in total. The Labute approximate surface area is 222 Å². The maximum atomic E-state index is 13.6. The summed E-state index contributed by atoms with van der Waals surface area (Å²) < 4.78 is 80.9. The minimum absolute atomic E-state index is 0.00841. The van der Waals surface area contributed by atoms with Gasteiger partial charge in [-0.1, -0.05) is 12.1 Å². The highest BCUT2D eigenvalue weighted by atomic mass is 32.2. The summed E-state index contributed by atoms with van der Waals surface area (Å²) >= 11 is 1.25. The average Bonchev–Trinajstić information content (AvgIpc) is 3.45. The van der Waals surface area contributed by atoms with Gasteiger partial charge in [0.2, 0.25) is 6.04 Å². The fraction of sp³-hybridized carbons (Fsp3) is 0.308. The van der Waals surface area contributed by atoms with Gasteiger partial charge < -0.3 is 9.74 Å². The van der Waals surface area contributed by atoms with E-state index < -0.39 is 23.5 Å². The number of fused-ring (bicyclic) bond motifs is 1. The number of carbonyl (C=O) groups excluding carboxylic acids is 1. The van der Waals surface area contributed by atoms with Crippen molar-refractivity contribution in [3.63, 3.8) is 0 Å².